The van der Waals surface area contributed by atoms with E-state index in [-0.39, 0.29) is 12.0 Å². The Morgan fingerprint density at radius 2 is 1.25 bits per heavy atom. The van der Waals surface area contributed by atoms with Gasteiger partial charge in [0, 0.05) is 6.42 Å². The summed E-state index contributed by atoms with van der Waals surface area (Å²) in [5.41, 5.74) is 0. The van der Waals surface area contributed by atoms with Crippen LogP contribution in [-0.2, 0) is 4.79 Å². The van der Waals surface area contributed by atoms with Crippen LogP contribution in [0.5, 0.6) is 5.75 Å². The van der Waals surface area contributed by atoms with E-state index in [0.717, 1.165) is 12.8 Å². The highest BCUT2D eigenvalue weighted by Crippen LogP contribution is 2.18. The van der Waals surface area contributed by atoms with Crippen LogP contribution < -0.4 is 4.74 Å². The fraction of sp³-hybridized carbons (Fsp3) is 0.720. The van der Waals surface area contributed by atoms with Gasteiger partial charge in [-0.2, -0.15) is 0 Å². The Labute approximate surface area is 174 Å². The summed E-state index contributed by atoms with van der Waals surface area (Å²) >= 11 is 0. The lowest BCUT2D eigenvalue weighted by Gasteiger charge is -2.32. The summed E-state index contributed by atoms with van der Waals surface area (Å²) in [5.74, 6) is 0.530. The summed E-state index contributed by atoms with van der Waals surface area (Å²) in [6, 6.07) is 9.30. The fourth-order valence-electron chi connectivity index (χ4n) is 3.67. The van der Waals surface area contributed by atoms with Crippen LogP contribution in [0.4, 0.5) is 0 Å². The van der Waals surface area contributed by atoms with Crippen LogP contribution in [0, 0.1) is 0 Å². The van der Waals surface area contributed by atoms with Crippen molar-refractivity contribution in [2.24, 2.45) is 0 Å². The molecular weight excluding hydrogens is 346 g/mol. The van der Waals surface area contributed by atoms with Crippen LogP contribution in [0.2, 0.25) is 0 Å². The lowest BCUT2D eigenvalue weighted by Crippen LogP contribution is -2.51. The Morgan fingerprint density at radius 3 is 1.71 bits per heavy atom. The van der Waals surface area contributed by atoms with Crippen molar-refractivity contribution < 1.29 is 14.0 Å². The van der Waals surface area contributed by atoms with Gasteiger partial charge in [0.2, 0.25) is 0 Å². The number of hydrogen-bond acceptors (Lipinski definition) is 2. The minimum absolute atomic E-state index is 0.108. The van der Waals surface area contributed by atoms with Crippen molar-refractivity contribution in [1.82, 2.24) is 0 Å². The average Bonchev–Trinajstić information content (AvgIpc) is 2.65. The standard InChI is InChI=1S/C25H44NO2/c1-5-6-7-8-9-10-11-12-13-14-15-19-22-24(26(2,3)4)25(27)28-23-20-17-16-18-21-23/h16-18,20-21,24H,5-15,19,22H2,1-4H3/q+1. The summed E-state index contributed by atoms with van der Waals surface area (Å²) in [6.45, 7) is 2.27. The van der Waals surface area contributed by atoms with Gasteiger partial charge in [0.25, 0.3) is 0 Å². The maximum absolute atomic E-state index is 12.7. The topological polar surface area (TPSA) is 26.3 Å². The monoisotopic (exact) mass is 390 g/mol. The lowest BCUT2D eigenvalue weighted by molar-refractivity contribution is -0.887. The number of esters is 1. The van der Waals surface area contributed by atoms with Gasteiger partial charge >= 0.3 is 5.97 Å². The zero-order valence-corrected chi connectivity index (χ0v) is 18.9. The van der Waals surface area contributed by atoms with Gasteiger partial charge in [0.1, 0.15) is 5.75 Å². The first-order valence-electron chi connectivity index (χ1n) is 11.5. The van der Waals surface area contributed by atoms with Gasteiger partial charge in [0.05, 0.1) is 21.1 Å². The highest BCUT2D eigenvalue weighted by atomic mass is 16.5. The van der Waals surface area contributed by atoms with Gasteiger partial charge in [-0.15, -0.1) is 0 Å². The van der Waals surface area contributed by atoms with Crippen molar-refractivity contribution in [3.63, 3.8) is 0 Å². The van der Waals surface area contributed by atoms with Crippen LogP contribution in [0.3, 0.4) is 0 Å². The van der Waals surface area contributed by atoms with E-state index in [1.807, 2.05) is 30.3 Å². The van der Waals surface area contributed by atoms with Crippen LogP contribution in [0.25, 0.3) is 0 Å². The van der Waals surface area contributed by atoms with Crippen molar-refractivity contribution in [3.05, 3.63) is 30.3 Å². The Hall–Kier alpha value is -1.35. The Balaban J connectivity index is 2.16. The van der Waals surface area contributed by atoms with Gasteiger partial charge in [-0.25, -0.2) is 4.79 Å². The number of nitrogens with zero attached hydrogens (tertiary/aromatic N) is 1. The number of benzene rings is 1. The second-order valence-corrected chi connectivity index (χ2v) is 9.04. The van der Waals surface area contributed by atoms with E-state index < -0.39 is 0 Å². The number of rotatable bonds is 16. The Bertz CT molecular complexity index is 507. The first-order chi connectivity index (χ1) is 13.4. The summed E-state index contributed by atoms with van der Waals surface area (Å²) in [5, 5.41) is 0. The van der Waals surface area contributed by atoms with Crippen molar-refractivity contribution in [2.75, 3.05) is 21.1 Å². The number of carbonyl (C=O) groups is 1. The molecular formula is C25H44NO2+. The molecule has 1 atom stereocenters. The summed E-state index contributed by atoms with van der Waals surface area (Å²) in [4.78, 5) is 12.7. The fourth-order valence-corrected chi connectivity index (χ4v) is 3.67. The molecule has 3 heteroatoms. The largest absolute Gasteiger partial charge is 0.422 e. The Kier molecular flexibility index (Phi) is 12.9. The van der Waals surface area contributed by atoms with Crippen molar-refractivity contribution in [2.45, 2.75) is 96.4 Å². The molecule has 0 fully saturated rings. The average molecular weight is 391 g/mol. The first-order valence-corrected chi connectivity index (χ1v) is 11.5. The zero-order valence-electron chi connectivity index (χ0n) is 18.9. The molecule has 0 spiro atoms. The normalized spacial score (nSPS) is 12.7. The molecule has 0 aliphatic rings. The minimum atomic E-state index is -0.109. The van der Waals surface area contributed by atoms with E-state index >= 15 is 0 Å². The van der Waals surface area contributed by atoms with Gasteiger partial charge in [0.15, 0.2) is 6.04 Å². The molecule has 0 aliphatic heterocycles. The van der Waals surface area contributed by atoms with E-state index in [4.69, 9.17) is 4.74 Å². The van der Waals surface area contributed by atoms with E-state index in [0.29, 0.717) is 10.2 Å². The number of unbranched alkanes of at least 4 members (excludes halogenated alkanes) is 11. The molecule has 0 heterocycles. The van der Waals surface area contributed by atoms with E-state index in [1.165, 1.54) is 70.6 Å². The van der Waals surface area contributed by atoms with Gasteiger partial charge in [-0.1, -0.05) is 95.8 Å². The number of ether oxygens (including phenoxy) is 1. The smallest absolute Gasteiger partial charge is 0.370 e. The van der Waals surface area contributed by atoms with Gasteiger partial charge < -0.3 is 9.22 Å². The molecule has 0 bridgehead atoms. The van der Waals surface area contributed by atoms with Crippen LogP contribution in [0.15, 0.2) is 30.3 Å². The molecule has 0 radical (unpaired) electrons. The quantitative estimate of drug-likeness (QED) is 0.135. The second kappa shape index (κ2) is 14.6. The van der Waals surface area contributed by atoms with Crippen LogP contribution >= 0.6 is 0 Å². The molecule has 0 aliphatic carbocycles. The van der Waals surface area contributed by atoms with Crippen molar-refractivity contribution in [1.29, 1.82) is 0 Å². The molecule has 3 nitrogen and oxygen atoms in total. The second-order valence-electron chi connectivity index (χ2n) is 9.04. The van der Waals surface area contributed by atoms with Crippen LogP contribution in [-0.4, -0.2) is 37.6 Å². The molecule has 0 saturated heterocycles. The molecule has 0 amide bonds. The zero-order chi connectivity index (χ0) is 20.7. The number of hydrogen-bond donors (Lipinski definition) is 0. The van der Waals surface area contributed by atoms with E-state index in [2.05, 4.69) is 28.1 Å². The molecule has 0 N–H and O–H groups in total. The van der Waals surface area contributed by atoms with Gasteiger partial charge in [-0.3, -0.25) is 0 Å². The summed E-state index contributed by atoms with van der Waals surface area (Å²) < 4.78 is 6.22. The molecule has 1 aromatic carbocycles. The maximum atomic E-state index is 12.7. The molecule has 1 aromatic rings. The van der Waals surface area contributed by atoms with E-state index in [1.54, 1.807) is 0 Å². The summed E-state index contributed by atoms with van der Waals surface area (Å²) in [7, 11) is 6.24. The number of carbonyl (C=O) groups excluding carboxylic acids is 1. The molecule has 0 aromatic heterocycles. The molecule has 0 saturated carbocycles. The summed E-state index contributed by atoms with van der Waals surface area (Å²) in [6.07, 6.45) is 16.9. The predicted molar refractivity (Wildman–Crippen MR) is 120 cm³/mol. The Morgan fingerprint density at radius 1 is 0.786 bits per heavy atom. The first kappa shape index (κ1) is 24.7. The van der Waals surface area contributed by atoms with Crippen molar-refractivity contribution in [3.8, 4) is 5.75 Å². The van der Waals surface area contributed by atoms with Crippen molar-refractivity contribution >= 4 is 5.97 Å². The molecule has 1 unspecified atom stereocenters. The predicted octanol–water partition coefficient (Wildman–Crippen LogP) is 6.76. The highest BCUT2D eigenvalue weighted by molar-refractivity contribution is 5.77. The molecule has 1 rings (SSSR count). The lowest BCUT2D eigenvalue weighted by atomic mass is 10.0. The van der Waals surface area contributed by atoms with Gasteiger partial charge in [-0.05, 0) is 18.6 Å². The number of para-hydroxylation sites is 1. The molecule has 28 heavy (non-hydrogen) atoms. The van der Waals surface area contributed by atoms with Crippen LogP contribution in [0.1, 0.15) is 90.4 Å². The third-order valence-corrected chi connectivity index (χ3v) is 5.50. The number of quaternary nitrogens is 1. The maximum Gasteiger partial charge on any atom is 0.370 e. The molecule has 160 valence electrons. The third kappa shape index (κ3) is 11.5. The minimum Gasteiger partial charge on any atom is -0.422 e. The SMILES string of the molecule is CCCCCCCCCCCCCCC(C(=O)Oc1ccccc1)[N+](C)(C)C. The van der Waals surface area contributed by atoms with E-state index in [9.17, 15) is 4.79 Å². The highest BCUT2D eigenvalue weighted by Gasteiger charge is 2.32. The third-order valence-electron chi connectivity index (χ3n) is 5.50. The number of likely N-dealkylation sites (N-methyl/N-ethyl adjacent to an activating group) is 1.